The highest BCUT2D eigenvalue weighted by Crippen LogP contribution is 2.34. The normalized spacial score (nSPS) is 14.6. The third kappa shape index (κ3) is 3.91. The summed E-state index contributed by atoms with van der Waals surface area (Å²) in [5, 5.41) is 1.03. The van der Waals surface area contributed by atoms with Gasteiger partial charge in [0.15, 0.2) is 0 Å². The molecule has 1 amide bonds. The molecule has 158 valence electrons. The van der Waals surface area contributed by atoms with Crippen molar-refractivity contribution in [2.24, 2.45) is 0 Å². The Morgan fingerprint density at radius 3 is 2.57 bits per heavy atom. The van der Waals surface area contributed by atoms with Crippen molar-refractivity contribution in [3.63, 3.8) is 0 Å². The van der Waals surface area contributed by atoms with E-state index in [2.05, 4.69) is 0 Å². The first-order chi connectivity index (χ1) is 14.0. The third-order valence-electron chi connectivity index (χ3n) is 4.87. The van der Waals surface area contributed by atoms with E-state index in [0.717, 1.165) is 11.3 Å². The lowest BCUT2D eigenvalue weighted by atomic mass is 10.1. The van der Waals surface area contributed by atoms with Gasteiger partial charge < -0.3 is 14.1 Å². The number of benzene rings is 2. The molecule has 0 spiro atoms. The SMILES string of the molecule is CC(C)(C)OC(=O)N1CCc2oc3ccc(S(=O)(=O)c4cccc(Cl)c4)cc3c2C1. The lowest BCUT2D eigenvalue weighted by Gasteiger charge is -2.29. The second-order valence-electron chi connectivity index (χ2n) is 8.27. The van der Waals surface area contributed by atoms with Crippen LogP contribution in [0.2, 0.25) is 5.02 Å². The third-order valence-corrected chi connectivity index (χ3v) is 6.86. The monoisotopic (exact) mass is 447 g/mol. The maximum Gasteiger partial charge on any atom is 0.410 e. The summed E-state index contributed by atoms with van der Waals surface area (Å²) in [5.74, 6) is 0.766. The van der Waals surface area contributed by atoms with Crippen LogP contribution in [0.1, 0.15) is 32.1 Å². The second-order valence-corrected chi connectivity index (χ2v) is 10.7. The van der Waals surface area contributed by atoms with Crippen molar-refractivity contribution in [2.45, 2.75) is 49.1 Å². The number of ether oxygens (including phenoxy) is 1. The first-order valence-corrected chi connectivity index (χ1v) is 11.4. The zero-order valence-corrected chi connectivity index (χ0v) is 18.5. The van der Waals surface area contributed by atoms with E-state index >= 15 is 0 Å². The summed E-state index contributed by atoms with van der Waals surface area (Å²) in [5.41, 5.74) is 0.815. The Kier molecular flexibility index (Phi) is 5.06. The molecule has 4 rings (SSSR count). The predicted molar refractivity (Wildman–Crippen MR) is 113 cm³/mol. The Hall–Kier alpha value is -2.51. The van der Waals surface area contributed by atoms with Gasteiger partial charge in [0.05, 0.1) is 16.3 Å². The smallest absolute Gasteiger partial charge is 0.410 e. The molecular formula is C22H22ClNO5S. The molecule has 6 nitrogen and oxygen atoms in total. The molecule has 0 fully saturated rings. The molecule has 8 heteroatoms. The van der Waals surface area contributed by atoms with Gasteiger partial charge >= 0.3 is 6.09 Å². The molecule has 2 aromatic carbocycles. The topological polar surface area (TPSA) is 76.8 Å². The molecule has 0 N–H and O–H groups in total. The van der Waals surface area contributed by atoms with Gasteiger partial charge in [0, 0.05) is 28.9 Å². The molecule has 1 aromatic heterocycles. The number of sulfone groups is 1. The number of amides is 1. The summed E-state index contributed by atoms with van der Waals surface area (Å²) in [6.07, 6.45) is 0.143. The lowest BCUT2D eigenvalue weighted by molar-refractivity contribution is 0.0220. The minimum atomic E-state index is -3.74. The van der Waals surface area contributed by atoms with Crippen LogP contribution in [0.3, 0.4) is 0 Å². The second kappa shape index (κ2) is 7.32. The summed E-state index contributed by atoms with van der Waals surface area (Å²) in [6.45, 7) is 6.24. The van der Waals surface area contributed by atoms with E-state index < -0.39 is 21.5 Å². The number of carbonyl (C=O) groups excluding carboxylic acids is 1. The highest BCUT2D eigenvalue weighted by Gasteiger charge is 2.29. The fourth-order valence-electron chi connectivity index (χ4n) is 3.48. The fraction of sp³-hybridized carbons (Fsp3) is 0.318. The zero-order valence-electron chi connectivity index (χ0n) is 16.9. The molecule has 1 aliphatic heterocycles. The van der Waals surface area contributed by atoms with Crippen molar-refractivity contribution in [3.8, 4) is 0 Å². The van der Waals surface area contributed by atoms with Crippen LogP contribution in [0.25, 0.3) is 11.0 Å². The van der Waals surface area contributed by atoms with Crippen molar-refractivity contribution in [3.05, 3.63) is 58.8 Å². The Balaban J connectivity index is 1.72. The van der Waals surface area contributed by atoms with Crippen molar-refractivity contribution >= 4 is 38.5 Å². The minimum Gasteiger partial charge on any atom is -0.461 e. The van der Waals surface area contributed by atoms with Gasteiger partial charge in [0.1, 0.15) is 16.9 Å². The number of nitrogens with zero attached hydrogens (tertiary/aromatic N) is 1. The van der Waals surface area contributed by atoms with Gasteiger partial charge in [-0.3, -0.25) is 0 Å². The Bertz CT molecular complexity index is 1240. The first kappa shape index (κ1) is 20.8. The standard InChI is InChI=1S/C22H22ClNO5S/c1-22(2,3)29-21(25)24-10-9-20-18(13-24)17-12-16(7-8-19(17)28-20)30(26,27)15-6-4-5-14(23)11-15/h4-8,11-12H,9-10,13H2,1-3H3. The van der Waals surface area contributed by atoms with Gasteiger partial charge in [-0.2, -0.15) is 0 Å². The quantitative estimate of drug-likeness (QED) is 0.538. The van der Waals surface area contributed by atoms with Gasteiger partial charge in [0.2, 0.25) is 9.84 Å². The number of hydrogen-bond acceptors (Lipinski definition) is 5. The van der Waals surface area contributed by atoms with Crippen molar-refractivity contribution < 1.29 is 22.4 Å². The van der Waals surface area contributed by atoms with Crippen LogP contribution < -0.4 is 0 Å². The average molecular weight is 448 g/mol. The largest absolute Gasteiger partial charge is 0.461 e. The van der Waals surface area contributed by atoms with Crippen LogP contribution in [0, 0.1) is 0 Å². The van der Waals surface area contributed by atoms with E-state index in [-0.39, 0.29) is 9.79 Å². The van der Waals surface area contributed by atoms with Crippen LogP contribution in [-0.4, -0.2) is 31.6 Å². The van der Waals surface area contributed by atoms with Crippen molar-refractivity contribution in [2.75, 3.05) is 6.54 Å². The predicted octanol–water partition coefficient (Wildman–Crippen LogP) is 5.21. The van der Waals surface area contributed by atoms with Crippen LogP contribution in [0.15, 0.2) is 56.7 Å². The molecule has 3 aromatic rings. The molecule has 0 radical (unpaired) electrons. The summed E-state index contributed by atoms with van der Waals surface area (Å²) < 4.78 is 37.5. The van der Waals surface area contributed by atoms with Gasteiger partial charge in [-0.25, -0.2) is 13.2 Å². The van der Waals surface area contributed by atoms with Crippen LogP contribution in [-0.2, 0) is 27.5 Å². The van der Waals surface area contributed by atoms with Crippen molar-refractivity contribution in [1.29, 1.82) is 0 Å². The molecule has 0 atom stereocenters. The molecule has 0 unspecified atom stereocenters. The highest BCUT2D eigenvalue weighted by molar-refractivity contribution is 7.91. The minimum absolute atomic E-state index is 0.127. The number of halogens is 1. The van der Waals surface area contributed by atoms with E-state index in [1.165, 1.54) is 18.2 Å². The zero-order chi connectivity index (χ0) is 21.7. The molecule has 0 aliphatic carbocycles. The average Bonchev–Trinajstić information content (AvgIpc) is 3.03. The highest BCUT2D eigenvalue weighted by atomic mass is 35.5. The molecule has 0 saturated carbocycles. The van der Waals surface area contributed by atoms with Crippen molar-refractivity contribution in [1.82, 2.24) is 4.90 Å². The first-order valence-electron chi connectivity index (χ1n) is 9.57. The molecule has 0 bridgehead atoms. The van der Waals surface area contributed by atoms with Crippen LogP contribution in [0.4, 0.5) is 4.79 Å². The van der Waals surface area contributed by atoms with Crippen LogP contribution >= 0.6 is 11.6 Å². The van der Waals surface area contributed by atoms with Gasteiger partial charge in [-0.05, 0) is 57.2 Å². The maximum absolute atomic E-state index is 13.1. The van der Waals surface area contributed by atoms with Gasteiger partial charge in [-0.15, -0.1) is 0 Å². The number of furan rings is 1. The Morgan fingerprint density at radius 2 is 1.87 bits per heavy atom. The summed E-state index contributed by atoms with van der Waals surface area (Å²) in [4.78, 5) is 14.4. The Morgan fingerprint density at radius 1 is 1.13 bits per heavy atom. The number of fused-ring (bicyclic) bond motifs is 3. The molecule has 2 heterocycles. The molecule has 30 heavy (non-hydrogen) atoms. The van der Waals surface area contributed by atoms with Gasteiger partial charge in [-0.1, -0.05) is 17.7 Å². The van der Waals surface area contributed by atoms with Gasteiger partial charge in [0.25, 0.3) is 0 Å². The summed E-state index contributed by atoms with van der Waals surface area (Å²) in [7, 11) is -3.74. The molecule has 1 aliphatic rings. The summed E-state index contributed by atoms with van der Waals surface area (Å²) in [6, 6.07) is 11.0. The van der Waals surface area contributed by atoms with Crippen LogP contribution in [0.5, 0.6) is 0 Å². The lowest BCUT2D eigenvalue weighted by Crippen LogP contribution is -2.39. The number of carbonyl (C=O) groups is 1. The number of rotatable bonds is 2. The Labute approximate surface area is 180 Å². The molecule has 0 saturated heterocycles. The summed E-state index contributed by atoms with van der Waals surface area (Å²) >= 11 is 5.97. The fourth-order valence-corrected chi connectivity index (χ4v) is 5.07. The molecular weight excluding hydrogens is 426 g/mol. The van der Waals surface area contributed by atoms with E-state index in [1.807, 2.05) is 20.8 Å². The van der Waals surface area contributed by atoms with E-state index in [0.29, 0.717) is 35.5 Å². The van der Waals surface area contributed by atoms with E-state index in [9.17, 15) is 13.2 Å². The number of hydrogen-bond donors (Lipinski definition) is 0. The van der Waals surface area contributed by atoms with E-state index in [1.54, 1.807) is 29.2 Å². The van der Waals surface area contributed by atoms with E-state index in [4.69, 9.17) is 20.8 Å². The maximum atomic E-state index is 13.1.